The molecule has 3 heterocycles. The van der Waals surface area contributed by atoms with E-state index in [0.29, 0.717) is 22.3 Å². The van der Waals surface area contributed by atoms with Crippen LogP contribution in [-0.2, 0) is 17.9 Å². The van der Waals surface area contributed by atoms with E-state index >= 15 is 0 Å². The maximum Gasteiger partial charge on any atom is 0.235 e. The third kappa shape index (κ3) is 4.94. The van der Waals surface area contributed by atoms with E-state index < -0.39 is 11.1 Å². The van der Waals surface area contributed by atoms with Crippen molar-refractivity contribution in [2.75, 3.05) is 25.0 Å². The molecule has 4 rings (SSSR count). The van der Waals surface area contributed by atoms with Crippen molar-refractivity contribution in [2.24, 2.45) is 0 Å². The highest BCUT2D eigenvalue weighted by Crippen LogP contribution is 2.29. The van der Waals surface area contributed by atoms with E-state index in [1.807, 2.05) is 23.6 Å². The maximum atomic E-state index is 14.1. The largest absolute Gasteiger partial charge is 0.467 e. The van der Waals surface area contributed by atoms with E-state index in [2.05, 4.69) is 15.1 Å². The minimum atomic E-state index is -0.448. The lowest BCUT2D eigenvalue weighted by Gasteiger charge is -2.22. The van der Waals surface area contributed by atoms with E-state index in [1.165, 1.54) is 22.7 Å². The van der Waals surface area contributed by atoms with Crippen LogP contribution in [0.25, 0.3) is 0 Å². The SMILES string of the molecule is CC(Sc1nnc(N2CCCC2)n1Cc1ccco1)C(=O)N(C)Cc1c(F)cccc1Cl. The van der Waals surface area contributed by atoms with Crippen molar-refractivity contribution in [3.05, 3.63) is 58.8 Å². The molecule has 1 atom stereocenters. The summed E-state index contributed by atoms with van der Waals surface area (Å²) in [4.78, 5) is 16.7. The topological polar surface area (TPSA) is 67.4 Å². The number of aromatic nitrogens is 3. The lowest BCUT2D eigenvalue weighted by molar-refractivity contribution is -0.129. The van der Waals surface area contributed by atoms with Crippen LogP contribution in [0.4, 0.5) is 10.3 Å². The van der Waals surface area contributed by atoms with Gasteiger partial charge in [0.2, 0.25) is 11.9 Å². The minimum absolute atomic E-state index is 0.0906. The molecule has 0 bridgehead atoms. The van der Waals surface area contributed by atoms with Crippen molar-refractivity contribution < 1.29 is 13.6 Å². The minimum Gasteiger partial charge on any atom is -0.467 e. The van der Waals surface area contributed by atoms with Gasteiger partial charge in [-0.15, -0.1) is 10.2 Å². The number of hydrogen-bond donors (Lipinski definition) is 0. The van der Waals surface area contributed by atoms with Gasteiger partial charge in [0.15, 0.2) is 5.16 Å². The van der Waals surface area contributed by atoms with Gasteiger partial charge in [0.1, 0.15) is 11.6 Å². The Balaban J connectivity index is 1.50. The number of furan rings is 1. The maximum absolute atomic E-state index is 14.1. The number of carbonyl (C=O) groups is 1. The molecule has 7 nitrogen and oxygen atoms in total. The molecule has 0 aliphatic carbocycles. The van der Waals surface area contributed by atoms with Crippen LogP contribution in [0.15, 0.2) is 46.2 Å². The smallest absolute Gasteiger partial charge is 0.235 e. The molecule has 0 spiro atoms. The monoisotopic (exact) mass is 477 g/mol. The molecule has 1 aliphatic rings. The molecule has 10 heteroatoms. The quantitative estimate of drug-likeness (QED) is 0.446. The molecule has 32 heavy (non-hydrogen) atoms. The molecule has 1 fully saturated rings. The van der Waals surface area contributed by atoms with Crippen LogP contribution in [0.2, 0.25) is 5.02 Å². The molecule has 3 aromatic rings. The van der Waals surface area contributed by atoms with Crippen LogP contribution in [0.5, 0.6) is 0 Å². The van der Waals surface area contributed by atoms with Crippen molar-refractivity contribution in [1.82, 2.24) is 19.7 Å². The summed E-state index contributed by atoms with van der Waals surface area (Å²) in [6, 6.07) is 8.26. The van der Waals surface area contributed by atoms with E-state index in [1.54, 1.807) is 25.4 Å². The van der Waals surface area contributed by atoms with Crippen LogP contribution in [0.1, 0.15) is 31.1 Å². The van der Waals surface area contributed by atoms with Gasteiger partial charge in [0, 0.05) is 37.3 Å². The second-order valence-corrected chi connectivity index (χ2v) is 9.51. The Morgan fingerprint density at radius 2 is 2.06 bits per heavy atom. The fraction of sp³-hybridized carbons (Fsp3) is 0.409. The average Bonchev–Trinajstić information content (AvgIpc) is 3.53. The normalized spacial score (nSPS) is 14.7. The predicted molar refractivity (Wildman–Crippen MR) is 122 cm³/mol. The zero-order valence-electron chi connectivity index (χ0n) is 18.0. The molecule has 1 saturated heterocycles. The third-order valence-corrected chi connectivity index (χ3v) is 6.87. The molecule has 1 unspecified atom stereocenters. The van der Waals surface area contributed by atoms with Gasteiger partial charge in [0.25, 0.3) is 0 Å². The Labute approximate surface area is 195 Å². The second-order valence-electron chi connectivity index (χ2n) is 7.80. The molecular weight excluding hydrogens is 453 g/mol. The van der Waals surface area contributed by atoms with Crippen molar-refractivity contribution in [1.29, 1.82) is 0 Å². The Morgan fingerprint density at radius 3 is 2.75 bits per heavy atom. The van der Waals surface area contributed by atoms with Gasteiger partial charge >= 0.3 is 0 Å². The first-order chi connectivity index (χ1) is 15.4. The molecule has 1 aliphatic heterocycles. The molecule has 1 aromatic carbocycles. The highest BCUT2D eigenvalue weighted by molar-refractivity contribution is 8.00. The Bertz CT molecular complexity index is 1050. The van der Waals surface area contributed by atoms with Crippen LogP contribution in [0.3, 0.4) is 0 Å². The first-order valence-electron chi connectivity index (χ1n) is 10.5. The number of carbonyl (C=O) groups excluding carboxylic acids is 1. The fourth-order valence-electron chi connectivity index (χ4n) is 3.73. The molecule has 0 saturated carbocycles. The second kappa shape index (κ2) is 9.95. The van der Waals surface area contributed by atoms with E-state index in [4.69, 9.17) is 16.0 Å². The summed E-state index contributed by atoms with van der Waals surface area (Å²) in [7, 11) is 1.64. The number of halogens is 2. The Kier molecular flexibility index (Phi) is 7.05. The van der Waals surface area contributed by atoms with Gasteiger partial charge in [-0.25, -0.2) is 4.39 Å². The van der Waals surface area contributed by atoms with Gasteiger partial charge < -0.3 is 14.2 Å². The standard InChI is InChI=1S/C22H25ClFN5O2S/c1-15(20(30)27(2)14-17-18(23)8-5-9-19(17)24)32-22-26-25-21(28-10-3-4-11-28)29(22)13-16-7-6-12-31-16/h5-9,12,15H,3-4,10-11,13-14H2,1-2H3. The first kappa shape index (κ1) is 22.7. The van der Waals surface area contributed by atoms with Gasteiger partial charge in [0.05, 0.1) is 18.1 Å². The number of amides is 1. The van der Waals surface area contributed by atoms with E-state index in [0.717, 1.165) is 37.6 Å². The summed E-state index contributed by atoms with van der Waals surface area (Å²) >= 11 is 7.45. The van der Waals surface area contributed by atoms with Gasteiger partial charge in [-0.2, -0.15) is 0 Å². The molecule has 2 aromatic heterocycles. The number of thioether (sulfide) groups is 1. The van der Waals surface area contributed by atoms with Gasteiger partial charge in [-0.1, -0.05) is 29.4 Å². The van der Waals surface area contributed by atoms with E-state index in [9.17, 15) is 9.18 Å². The first-order valence-corrected chi connectivity index (χ1v) is 11.7. The molecule has 0 radical (unpaired) electrons. The van der Waals surface area contributed by atoms with Crippen LogP contribution in [0, 0.1) is 5.82 Å². The van der Waals surface area contributed by atoms with Crippen LogP contribution < -0.4 is 4.90 Å². The Morgan fingerprint density at radius 1 is 1.28 bits per heavy atom. The average molecular weight is 478 g/mol. The van der Waals surface area contributed by atoms with Crippen molar-refractivity contribution in [2.45, 2.75) is 43.3 Å². The molecule has 1 amide bonds. The summed E-state index contributed by atoms with van der Waals surface area (Å²) in [6.45, 7) is 4.25. The number of nitrogens with zero attached hydrogens (tertiary/aromatic N) is 5. The van der Waals surface area contributed by atoms with Crippen molar-refractivity contribution in [3.63, 3.8) is 0 Å². The lowest BCUT2D eigenvalue weighted by atomic mass is 10.2. The van der Waals surface area contributed by atoms with Crippen LogP contribution >= 0.6 is 23.4 Å². The molecule has 170 valence electrons. The number of rotatable bonds is 8. The zero-order chi connectivity index (χ0) is 22.7. The summed E-state index contributed by atoms with van der Waals surface area (Å²) in [5, 5.41) is 9.28. The molecular formula is C22H25ClFN5O2S. The zero-order valence-corrected chi connectivity index (χ0v) is 19.6. The van der Waals surface area contributed by atoms with E-state index in [-0.39, 0.29) is 12.5 Å². The molecule has 0 N–H and O–H groups in total. The third-order valence-electron chi connectivity index (χ3n) is 5.44. The van der Waals surface area contributed by atoms with Gasteiger partial charge in [-0.3, -0.25) is 9.36 Å². The number of benzene rings is 1. The van der Waals surface area contributed by atoms with Crippen molar-refractivity contribution in [3.8, 4) is 0 Å². The highest BCUT2D eigenvalue weighted by atomic mass is 35.5. The summed E-state index contributed by atoms with van der Waals surface area (Å²) in [5.41, 5.74) is 0.305. The fourth-order valence-corrected chi connectivity index (χ4v) is 4.91. The Hall–Kier alpha value is -2.52. The predicted octanol–water partition coefficient (Wildman–Crippen LogP) is 4.45. The lowest BCUT2D eigenvalue weighted by Crippen LogP contribution is -2.33. The summed E-state index contributed by atoms with van der Waals surface area (Å²) in [6.07, 6.45) is 3.87. The number of anilines is 1. The van der Waals surface area contributed by atoms with Gasteiger partial charge in [-0.05, 0) is 44.0 Å². The van der Waals surface area contributed by atoms with Crippen LogP contribution in [-0.4, -0.2) is 51.0 Å². The summed E-state index contributed by atoms with van der Waals surface area (Å²) in [5.74, 6) is 1.00. The summed E-state index contributed by atoms with van der Waals surface area (Å²) < 4.78 is 21.7. The highest BCUT2D eigenvalue weighted by Gasteiger charge is 2.26. The number of hydrogen-bond acceptors (Lipinski definition) is 6. The van der Waals surface area contributed by atoms with Crippen molar-refractivity contribution >= 4 is 35.2 Å².